The van der Waals surface area contributed by atoms with Crippen LogP contribution >= 0.6 is 0 Å². The normalized spacial score (nSPS) is 10.3. The number of anilines is 2. The number of nitrogens with zero attached hydrogens (tertiary/aromatic N) is 2. The highest BCUT2D eigenvalue weighted by Crippen LogP contribution is 2.21. The Labute approximate surface area is 143 Å². The van der Waals surface area contributed by atoms with E-state index in [1.54, 1.807) is 19.5 Å². The van der Waals surface area contributed by atoms with E-state index in [0.717, 1.165) is 43.1 Å². The maximum atomic E-state index is 12.7. The summed E-state index contributed by atoms with van der Waals surface area (Å²) in [6.07, 6.45) is 5.22. The predicted molar refractivity (Wildman–Crippen MR) is 97.0 cm³/mol. The van der Waals surface area contributed by atoms with Gasteiger partial charge in [-0.15, -0.1) is 0 Å². The number of carbonyl (C=O) groups is 1. The van der Waals surface area contributed by atoms with Gasteiger partial charge in [0.1, 0.15) is 5.75 Å². The summed E-state index contributed by atoms with van der Waals surface area (Å²) in [5.41, 5.74) is 2.27. The van der Waals surface area contributed by atoms with Crippen molar-refractivity contribution in [1.29, 1.82) is 0 Å². The summed E-state index contributed by atoms with van der Waals surface area (Å²) in [6, 6.07) is 9.48. The van der Waals surface area contributed by atoms with Gasteiger partial charge in [-0.05, 0) is 31.0 Å². The van der Waals surface area contributed by atoms with Crippen molar-refractivity contribution in [2.75, 3.05) is 25.5 Å². The highest BCUT2D eigenvalue weighted by atomic mass is 16.5. The second-order valence-corrected chi connectivity index (χ2v) is 5.61. The minimum atomic E-state index is 0.0282. The second-order valence-electron chi connectivity index (χ2n) is 5.61. The molecule has 0 fully saturated rings. The zero-order valence-corrected chi connectivity index (χ0v) is 14.6. The molecule has 128 valence electrons. The van der Waals surface area contributed by atoms with Crippen LogP contribution in [-0.2, 0) is 0 Å². The number of nitrogens with one attached hydrogen (secondary N) is 1. The van der Waals surface area contributed by atoms with Crippen LogP contribution in [0, 0.1) is 0 Å². The number of hydrogen-bond donors (Lipinski definition) is 1. The van der Waals surface area contributed by atoms with Gasteiger partial charge in [-0.1, -0.05) is 19.9 Å². The first kappa shape index (κ1) is 17.8. The van der Waals surface area contributed by atoms with Crippen LogP contribution in [0.5, 0.6) is 5.75 Å². The van der Waals surface area contributed by atoms with E-state index in [9.17, 15) is 4.79 Å². The van der Waals surface area contributed by atoms with E-state index < -0.39 is 0 Å². The van der Waals surface area contributed by atoms with Crippen molar-refractivity contribution in [2.24, 2.45) is 0 Å². The molecule has 1 aromatic carbocycles. The van der Waals surface area contributed by atoms with Crippen LogP contribution in [0.4, 0.5) is 11.4 Å². The molecule has 24 heavy (non-hydrogen) atoms. The van der Waals surface area contributed by atoms with E-state index in [1.807, 2.05) is 35.2 Å². The van der Waals surface area contributed by atoms with Gasteiger partial charge >= 0.3 is 0 Å². The first-order chi connectivity index (χ1) is 11.7. The molecule has 1 N–H and O–H groups in total. The van der Waals surface area contributed by atoms with Crippen molar-refractivity contribution >= 4 is 17.3 Å². The summed E-state index contributed by atoms with van der Waals surface area (Å²) in [4.78, 5) is 18.8. The van der Waals surface area contributed by atoms with Gasteiger partial charge in [-0.2, -0.15) is 0 Å². The Balaban J connectivity index is 2.16. The number of methoxy groups -OCH3 is 1. The monoisotopic (exact) mass is 327 g/mol. The quantitative estimate of drug-likeness (QED) is 0.793. The number of benzene rings is 1. The van der Waals surface area contributed by atoms with Gasteiger partial charge in [0.05, 0.1) is 24.6 Å². The number of rotatable bonds is 8. The Hall–Kier alpha value is -2.56. The lowest BCUT2D eigenvalue weighted by atomic mass is 10.2. The highest BCUT2D eigenvalue weighted by Gasteiger charge is 2.15. The minimum Gasteiger partial charge on any atom is -0.497 e. The largest absolute Gasteiger partial charge is 0.497 e. The number of aromatic nitrogens is 1. The molecule has 1 aromatic heterocycles. The minimum absolute atomic E-state index is 0.0282. The Morgan fingerprint density at radius 3 is 2.54 bits per heavy atom. The van der Waals surface area contributed by atoms with Crippen molar-refractivity contribution in [3.05, 3.63) is 48.3 Å². The molecule has 0 aliphatic heterocycles. The number of ether oxygens (including phenoxy) is 1. The van der Waals surface area contributed by atoms with Crippen LogP contribution in [0.1, 0.15) is 37.0 Å². The smallest absolute Gasteiger partial charge is 0.255 e. The lowest BCUT2D eigenvalue weighted by Gasteiger charge is -2.21. The van der Waals surface area contributed by atoms with Crippen molar-refractivity contribution in [2.45, 2.75) is 26.7 Å². The molecular weight excluding hydrogens is 302 g/mol. The number of hydrogen-bond acceptors (Lipinski definition) is 4. The SMILES string of the molecule is CCCN(CCC)C(=O)c1cncc(Nc2cccc(OC)c2)c1. The highest BCUT2D eigenvalue weighted by molar-refractivity contribution is 5.95. The molecular formula is C19H25N3O2. The van der Waals surface area contributed by atoms with Gasteiger partial charge in [0.2, 0.25) is 0 Å². The molecule has 5 heteroatoms. The second kappa shape index (κ2) is 8.91. The zero-order valence-electron chi connectivity index (χ0n) is 14.6. The standard InChI is InChI=1S/C19H25N3O2/c1-4-9-22(10-5-2)19(23)15-11-17(14-20-13-15)21-16-7-6-8-18(12-16)24-3/h6-8,11-14,21H,4-5,9-10H2,1-3H3. The molecule has 0 aliphatic rings. The van der Waals surface area contributed by atoms with Crippen LogP contribution in [0.2, 0.25) is 0 Å². The van der Waals surface area contributed by atoms with Gasteiger partial charge in [0.25, 0.3) is 5.91 Å². The van der Waals surface area contributed by atoms with E-state index in [-0.39, 0.29) is 5.91 Å². The number of carbonyl (C=O) groups excluding carboxylic acids is 1. The molecule has 0 saturated carbocycles. The van der Waals surface area contributed by atoms with Gasteiger partial charge in [0, 0.05) is 31.0 Å². The molecule has 0 saturated heterocycles. The molecule has 0 spiro atoms. The van der Waals surface area contributed by atoms with Crippen LogP contribution in [0.25, 0.3) is 0 Å². The first-order valence-corrected chi connectivity index (χ1v) is 8.33. The molecule has 1 amide bonds. The molecule has 2 aromatic rings. The average Bonchev–Trinajstić information content (AvgIpc) is 2.61. The molecule has 2 rings (SSSR count). The fraction of sp³-hybridized carbons (Fsp3) is 0.368. The topological polar surface area (TPSA) is 54.5 Å². The third-order valence-electron chi connectivity index (χ3n) is 3.62. The lowest BCUT2D eigenvalue weighted by Crippen LogP contribution is -2.32. The summed E-state index contributed by atoms with van der Waals surface area (Å²) in [5, 5.41) is 3.26. The summed E-state index contributed by atoms with van der Waals surface area (Å²) in [7, 11) is 1.63. The van der Waals surface area contributed by atoms with Gasteiger partial charge < -0.3 is 15.0 Å². The van der Waals surface area contributed by atoms with Gasteiger partial charge in [-0.3, -0.25) is 9.78 Å². The zero-order chi connectivity index (χ0) is 17.4. The third kappa shape index (κ3) is 4.72. The van der Waals surface area contributed by atoms with Crippen LogP contribution < -0.4 is 10.1 Å². The summed E-state index contributed by atoms with van der Waals surface area (Å²) in [5.74, 6) is 0.803. The lowest BCUT2D eigenvalue weighted by molar-refractivity contribution is 0.0755. The molecule has 0 atom stereocenters. The van der Waals surface area contributed by atoms with E-state index in [0.29, 0.717) is 5.56 Å². The molecule has 0 aliphatic carbocycles. The fourth-order valence-corrected chi connectivity index (χ4v) is 2.53. The Bertz CT molecular complexity index is 667. The summed E-state index contributed by atoms with van der Waals surface area (Å²) < 4.78 is 5.22. The summed E-state index contributed by atoms with van der Waals surface area (Å²) >= 11 is 0. The first-order valence-electron chi connectivity index (χ1n) is 8.33. The molecule has 5 nitrogen and oxygen atoms in total. The van der Waals surface area contributed by atoms with Gasteiger partial charge in [0.15, 0.2) is 0 Å². The maximum absolute atomic E-state index is 12.7. The van der Waals surface area contributed by atoms with Crippen LogP contribution in [0.3, 0.4) is 0 Å². The third-order valence-corrected chi connectivity index (χ3v) is 3.62. The van der Waals surface area contributed by atoms with Crippen molar-refractivity contribution < 1.29 is 9.53 Å². The van der Waals surface area contributed by atoms with Crippen molar-refractivity contribution in [3.63, 3.8) is 0 Å². The number of pyridine rings is 1. The van der Waals surface area contributed by atoms with E-state index in [2.05, 4.69) is 24.1 Å². The van der Waals surface area contributed by atoms with Crippen molar-refractivity contribution in [3.8, 4) is 5.75 Å². The van der Waals surface area contributed by atoms with Gasteiger partial charge in [-0.25, -0.2) is 0 Å². The molecule has 0 bridgehead atoms. The predicted octanol–water partition coefficient (Wildman–Crippen LogP) is 4.10. The molecule has 0 unspecified atom stereocenters. The summed E-state index contributed by atoms with van der Waals surface area (Å²) in [6.45, 7) is 5.68. The van der Waals surface area contributed by atoms with E-state index in [4.69, 9.17) is 4.74 Å². The van der Waals surface area contributed by atoms with Crippen LogP contribution in [0.15, 0.2) is 42.7 Å². The average molecular weight is 327 g/mol. The number of amides is 1. The van der Waals surface area contributed by atoms with Crippen LogP contribution in [-0.4, -0.2) is 36.0 Å². The van der Waals surface area contributed by atoms with E-state index in [1.165, 1.54) is 0 Å². The Kier molecular flexibility index (Phi) is 6.61. The molecule has 1 heterocycles. The maximum Gasteiger partial charge on any atom is 0.255 e. The molecule has 0 radical (unpaired) electrons. The fourth-order valence-electron chi connectivity index (χ4n) is 2.53. The Morgan fingerprint density at radius 2 is 1.88 bits per heavy atom. The van der Waals surface area contributed by atoms with E-state index >= 15 is 0 Å². The van der Waals surface area contributed by atoms with Crippen molar-refractivity contribution in [1.82, 2.24) is 9.88 Å². The Morgan fingerprint density at radius 1 is 1.12 bits per heavy atom.